The molecule has 1 fully saturated rings. The van der Waals surface area contributed by atoms with Crippen molar-refractivity contribution in [2.75, 3.05) is 11.5 Å². The first-order chi connectivity index (χ1) is 8.46. The van der Waals surface area contributed by atoms with E-state index in [1.165, 1.54) is 11.1 Å². The second-order valence-electron chi connectivity index (χ2n) is 5.26. The number of sulfone groups is 1. The number of nitrogens with one attached hydrogen (secondary N) is 1. The SMILES string of the molecule is Cc1cccc([C@H](C)NC2CCCS(=O)(=O)C2)c1. The van der Waals surface area contributed by atoms with Gasteiger partial charge >= 0.3 is 0 Å². The summed E-state index contributed by atoms with van der Waals surface area (Å²) < 4.78 is 23.2. The van der Waals surface area contributed by atoms with Crippen LogP contribution in [0, 0.1) is 6.92 Å². The van der Waals surface area contributed by atoms with Crippen LogP contribution in [0.25, 0.3) is 0 Å². The minimum Gasteiger partial charge on any atom is -0.306 e. The van der Waals surface area contributed by atoms with E-state index in [0.717, 1.165) is 12.8 Å². The first-order valence-electron chi connectivity index (χ1n) is 6.49. The Morgan fingerprint density at radius 1 is 1.39 bits per heavy atom. The average Bonchev–Trinajstić information content (AvgIpc) is 2.27. The third-order valence-corrected chi connectivity index (χ3v) is 5.31. The monoisotopic (exact) mass is 267 g/mol. The Kier molecular flexibility index (Phi) is 4.07. The quantitative estimate of drug-likeness (QED) is 0.913. The van der Waals surface area contributed by atoms with E-state index in [1.807, 2.05) is 6.07 Å². The molecule has 1 heterocycles. The molecule has 1 aromatic rings. The summed E-state index contributed by atoms with van der Waals surface area (Å²) in [4.78, 5) is 0. The van der Waals surface area contributed by atoms with E-state index in [2.05, 4.69) is 37.4 Å². The van der Waals surface area contributed by atoms with Crippen molar-refractivity contribution < 1.29 is 8.42 Å². The van der Waals surface area contributed by atoms with Crippen molar-refractivity contribution in [1.29, 1.82) is 0 Å². The number of hydrogen-bond donors (Lipinski definition) is 1. The molecule has 1 aliphatic heterocycles. The number of hydrogen-bond acceptors (Lipinski definition) is 3. The molecule has 0 amide bonds. The molecular weight excluding hydrogens is 246 g/mol. The maximum atomic E-state index is 11.6. The van der Waals surface area contributed by atoms with Gasteiger partial charge in [-0.25, -0.2) is 8.42 Å². The summed E-state index contributed by atoms with van der Waals surface area (Å²) in [6, 6.07) is 8.64. The smallest absolute Gasteiger partial charge is 0.151 e. The number of rotatable bonds is 3. The van der Waals surface area contributed by atoms with Crippen molar-refractivity contribution in [3.63, 3.8) is 0 Å². The first-order valence-corrected chi connectivity index (χ1v) is 8.31. The van der Waals surface area contributed by atoms with Gasteiger partial charge in [0.05, 0.1) is 11.5 Å². The second kappa shape index (κ2) is 5.41. The number of aryl methyl sites for hydroxylation is 1. The van der Waals surface area contributed by atoms with Crippen LogP contribution in [0.3, 0.4) is 0 Å². The molecule has 100 valence electrons. The van der Waals surface area contributed by atoms with Gasteiger partial charge in [0.15, 0.2) is 9.84 Å². The zero-order chi connectivity index (χ0) is 13.2. The largest absolute Gasteiger partial charge is 0.306 e. The van der Waals surface area contributed by atoms with Gasteiger partial charge in [-0.1, -0.05) is 29.8 Å². The Hall–Kier alpha value is -0.870. The Morgan fingerprint density at radius 2 is 2.17 bits per heavy atom. The molecule has 0 radical (unpaired) electrons. The highest BCUT2D eigenvalue weighted by molar-refractivity contribution is 7.91. The van der Waals surface area contributed by atoms with Gasteiger partial charge in [-0.3, -0.25) is 0 Å². The average molecular weight is 267 g/mol. The van der Waals surface area contributed by atoms with E-state index in [-0.39, 0.29) is 17.8 Å². The van der Waals surface area contributed by atoms with Gasteiger partial charge in [-0.2, -0.15) is 0 Å². The summed E-state index contributed by atoms with van der Waals surface area (Å²) in [6.45, 7) is 4.16. The lowest BCUT2D eigenvalue weighted by Crippen LogP contribution is -2.41. The molecule has 1 saturated heterocycles. The van der Waals surface area contributed by atoms with E-state index in [4.69, 9.17) is 0 Å². The summed E-state index contributed by atoms with van der Waals surface area (Å²) >= 11 is 0. The van der Waals surface area contributed by atoms with E-state index >= 15 is 0 Å². The zero-order valence-electron chi connectivity index (χ0n) is 11.0. The molecule has 0 aliphatic carbocycles. The molecule has 2 atom stereocenters. The fourth-order valence-corrected chi connectivity index (χ4v) is 4.19. The standard InChI is InChI=1S/C14H21NO2S/c1-11-5-3-6-13(9-11)12(2)15-14-7-4-8-18(16,17)10-14/h3,5-6,9,12,14-15H,4,7-8,10H2,1-2H3/t12-,14?/m0/s1. The van der Waals surface area contributed by atoms with Gasteiger partial charge in [-0.05, 0) is 32.3 Å². The highest BCUT2D eigenvalue weighted by atomic mass is 32.2. The van der Waals surface area contributed by atoms with Crippen LogP contribution in [0.2, 0.25) is 0 Å². The van der Waals surface area contributed by atoms with Crippen LogP contribution >= 0.6 is 0 Å². The minimum atomic E-state index is -2.83. The summed E-state index contributed by atoms with van der Waals surface area (Å²) in [5.41, 5.74) is 2.45. The Labute approximate surface area is 110 Å². The molecule has 18 heavy (non-hydrogen) atoms. The van der Waals surface area contributed by atoms with E-state index in [1.54, 1.807) is 0 Å². The van der Waals surface area contributed by atoms with Gasteiger partial charge in [-0.15, -0.1) is 0 Å². The molecule has 0 bridgehead atoms. The maximum absolute atomic E-state index is 11.6. The summed E-state index contributed by atoms with van der Waals surface area (Å²) in [7, 11) is -2.83. The highest BCUT2D eigenvalue weighted by Gasteiger charge is 2.25. The topological polar surface area (TPSA) is 46.2 Å². The normalized spacial score (nSPS) is 24.7. The van der Waals surface area contributed by atoms with Crippen LogP contribution in [0.1, 0.15) is 36.9 Å². The third-order valence-electron chi connectivity index (χ3n) is 3.49. The van der Waals surface area contributed by atoms with Crippen LogP contribution in [-0.4, -0.2) is 26.0 Å². The Bertz CT molecular complexity index is 510. The Morgan fingerprint density at radius 3 is 2.83 bits per heavy atom. The molecule has 1 N–H and O–H groups in total. The molecule has 0 spiro atoms. The minimum absolute atomic E-state index is 0.0965. The molecule has 1 unspecified atom stereocenters. The third kappa shape index (κ3) is 3.56. The molecule has 1 aliphatic rings. The zero-order valence-corrected chi connectivity index (χ0v) is 11.8. The van der Waals surface area contributed by atoms with E-state index < -0.39 is 9.84 Å². The molecular formula is C14H21NO2S. The predicted molar refractivity (Wildman–Crippen MR) is 74.4 cm³/mol. The number of benzene rings is 1. The van der Waals surface area contributed by atoms with Gasteiger partial charge in [0.25, 0.3) is 0 Å². The van der Waals surface area contributed by atoms with Crippen molar-refractivity contribution in [3.05, 3.63) is 35.4 Å². The van der Waals surface area contributed by atoms with E-state index in [9.17, 15) is 8.42 Å². The lowest BCUT2D eigenvalue weighted by molar-refractivity contribution is 0.437. The molecule has 0 saturated carbocycles. The van der Waals surface area contributed by atoms with Crippen LogP contribution in [0.4, 0.5) is 0 Å². The van der Waals surface area contributed by atoms with Crippen molar-refractivity contribution in [1.82, 2.24) is 5.32 Å². The van der Waals surface area contributed by atoms with Gasteiger partial charge < -0.3 is 5.32 Å². The lowest BCUT2D eigenvalue weighted by Gasteiger charge is -2.27. The van der Waals surface area contributed by atoms with Crippen molar-refractivity contribution >= 4 is 9.84 Å². The molecule has 0 aromatic heterocycles. The van der Waals surface area contributed by atoms with Crippen molar-refractivity contribution in [3.8, 4) is 0 Å². The lowest BCUT2D eigenvalue weighted by atomic mass is 10.0. The summed E-state index contributed by atoms with van der Waals surface area (Å²) in [5.74, 6) is 0.632. The molecule has 3 nitrogen and oxygen atoms in total. The predicted octanol–water partition coefficient (Wildman–Crippen LogP) is 2.22. The fourth-order valence-electron chi connectivity index (χ4n) is 2.54. The van der Waals surface area contributed by atoms with Gasteiger partial charge in [0, 0.05) is 12.1 Å². The van der Waals surface area contributed by atoms with Crippen LogP contribution in [0.5, 0.6) is 0 Å². The van der Waals surface area contributed by atoms with Crippen LogP contribution < -0.4 is 5.32 Å². The molecule has 4 heteroatoms. The second-order valence-corrected chi connectivity index (χ2v) is 7.48. The molecule has 2 rings (SSSR count). The van der Waals surface area contributed by atoms with Crippen LogP contribution in [0.15, 0.2) is 24.3 Å². The Balaban J connectivity index is 2.01. The van der Waals surface area contributed by atoms with E-state index in [0.29, 0.717) is 5.75 Å². The molecule has 1 aromatic carbocycles. The van der Waals surface area contributed by atoms with Crippen LogP contribution in [-0.2, 0) is 9.84 Å². The van der Waals surface area contributed by atoms with Crippen molar-refractivity contribution in [2.24, 2.45) is 0 Å². The summed E-state index contributed by atoms with van der Waals surface area (Å²) in [5, 5.41) is 3.44. The maximum Gasteiger partial charge on any atom is 0.151 e. The fraction of sp³-hybridized carbons (Fsp3) is 0.571. The van der Waals surface area contributed by atoms with Gasteiger partial charge in [0.2, 0.25) is 0 Å². The van der Waals surface area contributed by atoms with Gasteiger partial charge in [0.1, 0.15) is 0 Å². The highest BCUT2D eigenvalue weighted by Crippen LogP contribution is 2.18. The van der Waals surface area contributed by atoms with Crippen molar-refractivity contribution in [2.45, 2.75) is 38.8 Å². The summed E-state index contributed by atoms with van der Waals surface area (Å²) in [6.07, 6.45) is 1.73. The first kappa shape index (κ1) is 13.6.